The maximum atomic E-state index is 13.4. The number of hydrogen-bond acceptors (Lipinski definition) is 3. The second-order valence-corrected chi connectivity index (χ2v) is 9.28. The first kappa shape index (κ1) is 25.4. The van der Waals surface area contributed by atoms with Crippen molar-refractivity contribution in [3.8, 4) is 5.75 Å². The summed E-state index contributed by atoms with van der Waals surface area (Å²) in [4.78, 5) is 28.0. The van der Waals surface area contributed by atoms with Crippen LogP contribution in [0.1, 0.15) is 65.5 Å². The number of amides is 2. The maximum Gasteiger partial charge on any atom is 0.261 e. The third kappa shape index (κ3) is 7.11. The van der Waals surface area contributed by atoms with Gasteiger partial charge in [0.25, 0.3) is 5.91 Å². The van der Waals surface area contributed by atoms with Crippen LogP contribution >= 0.6 is 0 Å². The zero-order valence-electron chi connectivity index (χ0n) is 20.4. The minimum Gasteiger partial charge on any atom is -0.483 e. The van der Waals surface area contributed by atoms with Gasteiger partial charge in [0.15, 0.2) is 6.61 Å². The second kappa shape index (κ2) is 11.7. The molecule has 0 aliphatic carbocycles. The van der Waals surface area contributed by atoms with Crippen LogP contribution < -0.4 is 10.1 Å². The van der Waals surface area contributed by atoms with Gasteiger partial charge in [0.1, 0.15) is 11.8 Å². The SMILES string of the molecule is CC[C@H](C(=O)N[C@@H](C)CC)N(Cc1ccccc1)C(=O)COc1ccccc1C(C)(C)C. The van der Waals surface area contributed by atoms with Crippen LogP contribution in [0.5, 0.6) is 5.75 Å². The Morgan fingerprint density at radius 1 is 0.969 bits per heavy atom. The topological polar surface area (TPSA) is 58.6 Å². The molecule has 2 rings (SSSR count). The first-order valence-corrected chi connectivity index (χ1v) is 11.5. The molecule has 0 bridgehead atoms. The zero-order chi connectivity index (χ0) is 23.7. The molecule has 5 nitrogen and oxygen atoms in total. The summed E-state index contributed by atoms with van der Waals surface area (Å²) in [5, 5.41) is 3.03. The number of carbonyl (C=O) groups is 2. The van der Waals surface area contributed by atoms with Crippen molar-refractivity contribution in [3.63, 3.8) is 0 Å². The van der Waals surface area contributed by atoms with Crippen LogP contribution in [0.2, 0.25) is 0 Å². The lowest BCUT2D eigenvalue weighted by atomic mass is 9.86. The van der Waals surface area contributed by atoms with E-state index in [1.807, 2.05) is 75.4 Å². The van der Waals surface area contributed by atoms with Crippen molar-refractivity contribution in [1.29, 1.82) is 0 Å². The molecule has 0 heterocycles. The van der Waals surface area contributed by atoms with Crippen molar-refractivity contribution in [2.75, 3.05) is 6.61 Å². The predicted octanol–water partition coefficient (Wildman–Crippen LogP) is 5.09. The molecule has 2 atom stereocenters. The highest BCUT2D eigenvalue weighted by Gasteiger charge is 2.30. The van der Waals surface area contributed by atoms with Crippen LogP contribution in [-0.4, -0.2) is 35.4 Å². The van der Waals surface area contributed by atoms with Crippen molar-refractivity contribution < 1.29 is 14.3 Å². The monoisotopic (exact) mass is 438 g/mol. The Kier molecular flexibility index (Phi) is 9.30. The summed E-state index contributed by atoms with van der Waals surface area (Å²) in [6.07, 6.45) is 1.36. The molecular weight excluding hydrogens is 400 g/mol. The van der Waals surface area contributed by atoms with Crippen molar-refractivity contribution >= 4 is 11.8 Å². The van der Waals surface area contributed by atoms with Crippen LogP contribution in [0.25, 0.3) is 0 Å². The summed E-state index contributed by atoms with van der Waals surface area (Å²) in [7, 11) is 0. The van der Waals surface area contributed by atoms with Gasteiger partial charge in [-0.2, -0.15) is 0 Å². The Labute approximate surface area is 193 Å². The van der Waals surface area contributed by atoms with E-state index in [1.54, 1.807) is 4.90 Å². The highest BCUT2D eigenvalue weighted by atomic mass is 16.5. The molecule has 0 aromatic heterocycles. The minimum atomic E-state index is -0.557. The molecule has 0 spiro atoms. The molecule has 2 aromatic carbocycles. The number of nitrogens with zero attached hydrogens (tertiary/aromatic N) is 1. The van der Waals surface area contributed by atoms with Crippen LogP contribution in [0.4, 0.5) is 0 Å². The van der Waals surface area contributed by atoms with Gasteiger partial charge in [-0.05, 0) is 42.4 Å². The van der Waals surface area contributed by atoms with Crippen LogP contribution in [0.15, 0.2) is 54.6 Å². The Morgan fingerprint density at radius 2 is 1.59 bits per heavy atom. The predicted molar refractivity (Wildman–Crippen MR) is 130 cm³/mol. The van der Waals surface area contributed by atoms with E-state index in [2.05, 4.69) is 26.1 Å². The first-order chi connectivity index (χ1) is 15.2. The van der Waals surface area contributed by atoms with E-state index >= 15 is 0 Å². The van der Waals surface area contributed by atoms with Gasteiger partial charge in [0.05, 0.1) is 0 Å². The molecule has 0 radical (unpaired) electrons. The number of ether oxygens (including phenoxy) is 1. The van der Waals surface area contributed by atoms with E-state index in [1.165, 1.54) is 0 Å². The smallest absolute Gasteiger partial charge is 0.261 e. The van der Waals surface area contributed by atoms with Gasteiger partial charge >= 0.3 is 0 Å². The molecule has 32 heavy (non-hydrogen) atoms. The van der Waals surface area contributed by atoms with E-state index in [9.17, 15) is 9.59 Å². The molecule has 5 heteroatoms. The lowest BCUT2D eigenvalue weighted by molar-refractivity contribution is -0.143. The molecular formula is C27H38N2O3. The molecule has 0 aliphatic rings. The van der Waals surface area contributed by atoms with Crippen molar-refractivity contribution in [1.82, 2.24) is 10.2 Å². The van der Waals surface area contributed by atoms with Gasteiger partial charge in [-0.25, -0.2) is 0 Å². The molecule has 0 saturated heterocycles. The second-order valence-electron chi connectivity index (χ2n) is 9.28. The Hall–Kier alpha value is -2.82. The average Bonchev–Trinajstić information content (AvgIpc) is 2.77. The van der Waals surface area contributed by atoms with E-state index in [4.69, 9.17) is 4.74 Å². The van der Waals surface area contributed by atoms with Gasteiger partial charge in [0, 0.05) is 12.6 Å². The number of rotatable bonds is 10. The normalized spacial score (nSPS) is 13.2. The number of hydrogen-bond donors (Lipinski definition) is 1. The van der Waals surface area contributed by atoms with E-state index in [0.29, 0.717) is 18.7 Å². The summed E-state index contributed by atoms with van der Waals surface area (Å²) in [5.41, 5.74) is 1.92. The number of para-hydroxylation sites is 1. The zero-order valence-corrected chi connectivity index (χ0v) is 20.4. The highest BCUT2D eigenvalue weighted by molar-refractivity contribution is 5.88. The molecule has 1 N–H and O–H groups in total. The number of benzene rings is 2. The summed E-state index contributed by atoms with van der Waals surface area (Å²) in [6.45, 7) is 12.5. The van der Waals surface area contributed by atoms with Gasteiger partial charge in [0.2, 0.25) is 5.91 Å². The van der Waals surface area contributed by atoms with E-state index in [0.717, 1.165) is 17.5 Å². The molecule has 0 saturated carbocycles. The Morgan fingerprint density at radius 3 is 2.19 bits per heavy atom. The van der Waals surface area contributed by atoms with Gasteiger partial charge in [-0.15, -0.1) is 0 Å². The Bertz CT molecular complexity index is 874. The maximum absolute atomic E-state index is 13.4. The lowest BCUT2D eigenvalue weighted by Crippen LogP contribution is -2.51. The van der Waals surface area contributed by atoms with Crippen molar-refractivity contribution in [2.24, 2.45) is 0 Å². The van der Waals surface area contributed by atoms with Gasteiger partial charge < -0.3 is 15.0 Å². The third-order valence-corrected chi connectivity index (χ3v) is 5.63. The van der Waals surface area contributed by atoms with Crippen molar-refractivity contribution in [3.05, 3.63) is 65.7 Å². The number of carbonyl (C=O) groups excluding carboxylic acids is 2. The Balaban J connectivity index is 2.25. The van der Waals surface area contributed by atoms with E-state index in [-0.39, 0.29) is 29.9 Å². The van der Waals surface area contributed by atoms with E-state index < -0.39 is 6.04 Å². The van der Waals surface area contributed by atoms with Crippen molar-refractivity contribution in [2.45, 2.75) is 78.4 Å². The fraction of sp³-hybridized carbons (Fsp3) is 0.481. The minimum absolute atomic E-state index is 0.0557. The summed E-state index contributed by atoms with van der Waals surface area (Å²) in [6, 6.07) is 17.0. The quantitative estimate of drug-likeness (QED) is 0.562. The highest BCUT2D eigenvalue weighted by Crippen LogP contribution is 2.31. The standard InChI is InChI=1S/C27H38N2O3/c1-7-20(3)28-26(31)23(8-2)29(18-21-14-10-9-11-15-21)25(30)19-32-24-17-13-12-16-22(24)27(4,5)6/h9-17,20,23H,7-8,18-19H2,1-6H3,(H,28,31)/t20-,23+/m0/s1. The molecule has 0 unspecified atom stereocenters. The summed E-state index contributed by atoms with van der Waals surface area (Å²) >= 11 is 0. The fourth-order valence-corrected chi connectivity index (χ4v) is 3.58. The average molecular weight is 439 g/mol. The van der Waals surface area contributed by atoms with Gasteiger partial charge in [-0.3, -0.25) is 9.59 Å². The molecule has 0 aliphatic heterocycles. The van der Waals surface area contributed by atoms with Crippen LogP contribution in [0.3, 0.4) is 0 Å². The molecule has 2 amide bonds. The van der Waals surface area contributed by atoms with Crippen LogP contribution in [-0.2, 0) is 21.5 Å². The van der Waals surface area contributed by atoms with Gasteiger partial charge in [-0.1, -0.05) is 83.1 Å². The molecule has 0 fully saturated rings. The summed E-state index contributed by atoms with van der Waals surface area (Å²) in [5.74, 6) is 0.370. The lowest BCUT2D eigenvalue weighted by Gasteiger charge is -2.31. The molecule has 174 valence electrons. The molecule has 2 aromatic rings. The largest absolute Gasteiger partial charge is 0.483 e. The van der Waals surface area contributed by atoms with Crippen LogP contribution in [0, 0.1) is 0 Å². The summed E-state index contributed by atoms with van der Waals surface area (Å²) < 4.78 is 6.00. The first-order valence-electron chi connectivity index (χ1n) is 11.5. The third-order valence-electron chi connectivity index (χ3n) is 5.63. The number of nitrogens with one attached hydrogen (secondary N) is 1. The fourth-order valence-electron chi connectivity index (χ4n) is 3.58.